The van der Waals surface area contributed by atoms with Gasteiger partial charge in [-0.1, -0.05) is 27.7 Å². The molecule has 1 amide bonds. The van der Waals surface area contributed by atoms with Crippen LogP contribution in [0.4, 0.5) is 11.6 Å². The molecule has 0 fully saturated rings. The number of carbonyl (C=O) groups is 1. The maximum atomic E-state index is 11.4. The van der Waals surface area contributed by atoms with Crippen LogP contribution in [0.5, 0.6) is 0 Å². The van der Waals surface area contributed by atoms with Crippen LogP contribution in [0.25, 0.3) is 0 Å². The van der Waals surface area contributed by atoms with Crippen molar-refractivity contribution in [2.24, 2.45) is 11.7 Å². The Hall–Kier alpha value is -1.85. The maximum Gasteiger partial charge on any atom is 0.240 e. The standard InChI is InChI=1S/C13H23N5O/c1-6(2)9(11(15)19)16-13-8(5)10(14)17-12(18-13)7(3)4/h6-7,9H,1-5H3,(H2,15,19)(H3,14,16,17,18). The number of nitrogen functional groups attached to an aromatic ring is 1. The quantitative estimate of drug-likeness (QED) is 0.746. The average Bonchev–Trinajstić information content (AvgIpc) is 2.29. The Balaban J connectivity index is 3.15. The van der Waals surface area contributed by atoms with Gasteiger partial charge in [-0.2, -0.15) is 0 Å². The SMILES string of the molecule is Cc1c(N)nc(C(C)C)nc1NC(C(N)=O)C(C)C. The van der Waals surface area contributed by atoms with E-state index in [4.69, 9.17) is 11.5 Å². The lowest BCUT2D eigenvalue weighted by Crippen LogP contribution is -2.40. The van der Waals surface area contributed by atoms with Crippen molar-refractivity contribution < 1.29 is 4.79 Å². The van der Waals surface area contributed by atoms with Crippen LogP contribution in [0, 0.1) is 12.8 Å². The molecule has 0 aliphatic rings. The van der Waals surface area contributed by atoms with Crippen molar-refractivity contribution in [3.05, 3.63) is 11.4 Å². The summed E-state index contributed by atoms with van der Waals surface area (Å²) < 4.78 is 0. The summed E-state index contributed by atoms with van der Waals surface area (Å²) in [5.41, 5.74) is 12.0. The number of nitrogens with one attached hydrogen (secondary N) is 1. The van der Waals surface area contributed by atoms with Crippen molar-refractivity contribution in [3.8, 4) is 0 Å². The lowest BCUT2D eigenvalue weighted by atomic mass is 10.0. The average molecular weight is 265 g/mol. The van der Waals surface area contributed by atoms with E-state index in [-0.39, 0.29) is 11.8 Å². The third-order valence-electron chi connectivity index (χ3n) is 2.98. The Morgan fingerprint density at radius 1 is 1.21 bits per heavy atom. The molecule has 0 saturated heterocycles. The van der Waals surface area contributed by atoms with E-state index >= 15 is 0 Å². The minimum Gasteiger partial charge on any atom is -0.383 e. The fourth-order valence-corrected chi connectivity index (χ4v) is 1.66. The summed E-state index contributed by atoms with van der Waals surface area (Å²) in [6.07, 6.45) is 0. The van der Waals surface area contributed by atoms with E-state index in [2.05, 4.69) is 15.3 Å². The minimum atomic E-state index is -0.479. The van der Waals surface area contributed by atoms with Crippen LogP contribution in [-0.2, 0) is 4.79 Å². The predicted molar refractivity (Wildman–Crippen MR) is 76.7 cm³/mol. The highest BCUT2D eigenvalue weighted by molar-refractivity contribution is 5.83. The molecule has 0 radical (unpaired) electrons. The smallest absolute Gasteiger partial charge is 0.240 e. The second-order valence-corrected chi connectivity index (χ2v) is 5.36. The van der Waals surface area contributed by atoms with Gasteiger partial charge >= 0.3 is 0 Å². The molecule has 0 spiro atoms. The Bertz CT molecular complexity index is 470. The molecule has 19 heavy (non-hydrogen) atoms. The number of hydrogen-bond acceptors (Lipinski definition) is 5. The van der Waals surface area contributed by atoms with Gasteiger partial charge in [0.1, 0.15) is 23.5 Å². The zero-order valence-electron chi connectivity index (χ0n) is 12.2. The molecule has 1 heterocycles. The number of carbonyl (C=O) groups excluding carboxylic acids is 1. The first-order valence-corrected chi connectivity index (χ1v) is 6.43. The van der Waals surface area contributed by atoms with Gasteiger partial charge in [-0.15, -0.1) is 0 Å². The van der Waals surface area contributed by atoms with Crippen LogP contribution in [0.2, 0.25) is 0 Å². The van der Waals surface area contributed by atoms with Crippen molar-refractivity contribution in [1.82, 2.24) is 9.97 Å². The van der Waals surface area contributed by atoms with E-state index in [9.17, 15) is 4.79 Å². The summed E-state index contributed by atoms with van der Waals surface area (Å²) in [7, 11) is 0. The van der Waals surface area contributed by atoms with E-state index in [0.717, 1.165) is 5.56 Å². The van der Waals surface area contributed by atoms with E-state index in [1.54, 1.807) is 0 Å². The van der Waals surface area contributed by atoms with Gasteiger partial charge in [0.05, 0.1) is 0 Å². The highest BCUT2D eigenvalue weighted by Crippen LogP contribution is 2.22. The van der Waals surface area contributed by atoms with Gasteiger partial charge in [-0.25, -0.2) is 9.97 Å². The van der Waals surface area contributed by atoms with Crippen LogP contribution in [0.3, 0.4) is 0 Å². The molecule has 1 aromatic heterocycles. The lowest BCUT2D eigenvalue weighted by Gasteiger charge is -2.21. The summed E-state index contributed by atoms with van der Waals surface area (Å²) in [5, 5.41) is 3.08. The van der Waals surface area contributed by atoms with Gasteiger partial charge in [0, 0.05) is 11.5 Å². The summed E-state index contributed by atoms with van der Waals surface area (Å²) >= 11 is 0. The first-order chi connectivity index (χ1) is 8.73. The van der Waals surface area contributed by atoms with E-state index in [1.807, 2.05) is 34.6 Å². The van der Waals surface area contributed by atoms with Gasteiger partial charge in [-0.05, 0) is 12.8 Å². The number of rotatable bonds is 5. The van der Waals surface area contributed by atoms with Crippen molar-refractivity contribution in [1.29, 1.82) is 0 Å². The van der Waals surface area contributed by atoms with Crippen LogP contribution >= 0.6 is 0 Å². The Morgan fingerprint density at radius 2 is 1.79 bits per heavy atom. The Morgan fingerprint density at radius 3 is 2.21 bits per heavy atom. The fourth-order valence-electron chi connectivity index (χ4n) is 1.66. The molecule has 6 heteroatoms. The molecule has 0 aliphatic carbocycles. The first-order valence-electron chi connectivity index (χ1n) is 6.43. The topological polar surface area (TPSA) is 107 Å². The Kier molecular flexibility index (Phi) is 4.69. The molecule has 0 bridgehead atoms. The molecule has 0 aliphatic heterocycles. The largest absolute Gasteiger partial charge is 0.383 e. The highest BCUT2D eigenvalue weighted by Gasteiger charge is 2.22. The predicted octanol–water partition coefficient (Wildman–Crippen LogP) is 1.41. The molecular formula is C13H23N5O. The molecule has 0 saturated carbocycles. The third kappa shape index (κ3) is 3.56. The minimum absolute atomic E-state index is 0.0654. The van der Waals surface area contributed by atoms with E-state index in [0.29, 0.717) is 17.5 Å². The monoisotopic (exact) mass is 265 g/mol. The molecule has 1 rings (SSSR count). The molecule has 6 nitrogen and oxygen atoms in total. The van der Waals surface area contributed by atoms with Crippen molar-refractivity contribution >= 4 is 17.5 Å². The first kappa shape index (κ1) is 15.2. The molecule has 0 aromatic carbocycles. The van der Waals surface area contributed by atoms with Crippen LogP contribution in [-0.4, -0.2) is 21.9 Å². The molecule has 1 aromatic rings. The van der Waals surface area contributed by atoms with Gasteiger partial charge in [-0.3, -0.25) is 4.79 Å². The van der Waals surface area contributed by atoms with Crippen LogP contribution in [0.15, 0.2) is 0 Å². The second-order valence-electron chi connectivity index (χ2n) is 5.36. The molecular weight excluding hydrogens is 242 g/mol. The van der Waals surface area contributed by atoms with Crippen LogP contribution < -0.4 is 16.8 Å². The number of hydrogen-bond donors (Lipinski definition) is 3. The number of nitrogens with zero attached hydrogens (tertiary/aromatic N) is 2. The number of nitrogens with two attached hydrogens (primary N) is 2. The van der Waals surface area contributed by atoms with Crippen LogP contribution in [0.1, 0.15) is 45.0 Å². The second kappa shape index (κ2) is 5.86. The summed E-state index contributed by atoms with van der Waals surface area (Å²) in [4.78, 5) is 20.1. The number of primary amides is 1. The zero-order chi connectivity index (χ0) is 14.7. The summed E-state index contributed by atoms with van der Waals surface area (Å²) in [6.45, 7) is 9.64. The van der Waals surface area contributed by atoms with Crippen molar-refractivity contribution in [3.63, 3.8) is 0 Å². The van der Waals surface area contributed by atoms with Crippen molar-refractivity contribution in [2.45, 2.75) is 46.6 Å². The molecule has 1 atom stereocenters. The summed E-state index contributed by atoms with van der Waals surface area (Å²) in [6, 6.07) is -0.479. The molecule has 106 valence electrons. The van der Waals surface area contributed by atoms with Crippen molar-refractivity contribution in [2.75, 3.05) is 11.1 Å². The molecule has 5 N–H and O–H groups in total. The lowest BCUT2D eigenvalue weighted by molar-refractivity contribution is -0.119. The highest BCUT2D eigenvalue weighted by atomic mass is 16.1. The number of anilines is 2. The number of amides is 1. The van der Waals surface area contributed by atoms with E-state index in [1.165, 1.54) is 0 Å². The van der Waals surface area contributed by atoms with E-state index < -0.39 is 11.9 Å². The Labute approximate surface area is 114 Å². The van der Waals surface area contributed by atoms with Gasteiger partial charge in [0.2, 0.25) is 5.91 Å². The van der Waals surface area contributed by atoms with Gasteiger partial charge < -0.3 is 16.8 Å². The molecule has 1 unspecified atom stereocenters. The third-order valence-corrected chi connectivity index (χ3v) is 2.98. The zero-order valence-corrected chi connectivity index (χ0v) is 12.2. The van der Waals surface area contributed by atoms with Gasteiger partial charge in [0.15, 0.2) is 0 Å². The summed E-state index contributed by atoms with van der Waals surface area (Å²) in [5.74, 6) is 1.47. The van der Waals surface area contributed by atoms with Gasteiger partial charge in [0.25, 0.3) is 0 Å². The normalized spacial score (nSPS) is 12.8. The maximum absolute atomic E-state index is 11.4. The number of aromatic nitrogens is 2. The fraction of sp³-hybridized carbons (Fsp3) is 0.615.